The Morgan fingerprint density at radius 2 is 1.11 bits per heavy atom. The molecule has 0 radical (unpaired) electrons. The van der Waals surface area contributed by atoms with Gasteiger partial charge in [0.25, 0.3) is 0 Å². The summed E-state index contributed by atoms with van der Waals surface area (Å²) in [5.41, 5.74) is 0.0235. The summed E-state index contributed by atoms with van der Waals surface area (Å²) in [7, 11) is -6.27. The summed E-state index contributed by atoms with van der Waals surface area (Å²) in [6.45, 7) is 9.85. The average Bonchev–Trinajstić information content (AvgIpc) is 2.48. The molecule has 0 rings (SSSR count). The minimum Gasteiger partial charge on any atom is -0.381 e. The van der Waals surface area contributed by atoms with Crippen molar-refractivity contribution in [1.82, 2.24) is 0 Å². The van der Waals surface area contributed by atoms with Crippen LogP contribution in [0.2, 0.25) is 0 Å². The van der Waals surface area contributed by atoms with Crippen molar-refractivity contribution in [2.24, 2.45) is 16.0 Å². The standard InChI is InChI=1S/C19H41NO5S2/c1-18(2,12-16-26(5,21)22)10-6-8-14-25-15-9-7-11-19(3,4)13-17-27(20,23)24/h6-17H2,1-5H3,(H2,20,23,24). The van der Waals surface area contributed by atoms with Gasteiger partial charge in [0.15, 0.2) is 0 Å². The number of unbranched alkanes of at least 4 members (excludes halogenated alkanes) is 2. The van der Waals surface area contributed by atoms with Crippen LogP contribution >= 0.6 is 0 Å². The molecule has 6 nitrogen and oxygen atoms in total. The van der Waals surface area contributed by atoms with Crippen LogP contribution in [0.3, 0.4) is 0 Å². The predicted octanol–water partition coefficient (Wildman–Crippen LogP) is 3.51. The van der Waals surface area contributed by atoms with Crippen LogP contribution < -0.4 is 5.14 Å². The molecule has 0 aliphatic carbocycles. The summed E-state index contributed by atoms with van der Waals surface area (Å²) in [6.07, 6.45) is 8.55. The molecule has 0 aromatic carbocycles. The molecular formula is C19H41NO5S2. The van der Waals surface area contributed by atoms with Crippen LogP contribution in [-0.4, -0.2) is 47.8 Å². The Bertz CT molecular complexity index is 556. The highest BCUT2D eigenvalue weighted by Gasteiger charge is 2.20. The van der Waals surface area contributed by atoms with E-state index in [2.05, 4.69) is 27.7 Å². The Hall–Kier alpha value is -0.180. The smallest absolute Gasteiger partial charge is 0.209 e. The second-order valence-corrected chi connectivity index (χ2v) is 13.3. The molecule has 0 heterocycles. The number of hydrogen-bond acceptors (Lipinski definition) is 5. The molecule has 27 heavy (non-hydrogen) atoms. The van der Waals surface area contributed by atoms with E-state index >= 15 is 0 Å². The lowest BCUT2D eigenvalue weighted by molar-refractivity contribution is 0.120. The topological polar surface area (TPSA) is 104 Å². The second kappa shape index (κ2) is 11.7. The highest BCUT2D eigenvalue weighted by atomic mass is 32.2. The van der Waals surface area contributed by atoms with Crippen molar-refractivity contribution in [2.75, 3.05) is 31.0 Å². The highest BCUT2D eigenvalue weighted by Crippen LogP contribution is 2.28. The van der Waals surface area contributed by atoms with Crippen LogP contribution in [0.25, 0.3) is 0 Å². The van der Waals surface area contributed by atoms with Gasteiger partial charge in [0, 0.05) is 19.5 Å². The lowest BCUT2D eigenvalue weighted by atomic mass is 9.84. The molecule has 0 saturated heterocycles. The van der Waals surface area contributed by atoms with Crippen molar-refractivity contribution in [2.45, 2.75) is 79.1 Å². The van der Waals surface area contributed by atoms with E-state index in [4.69, 9.17) is 9.88 Å². The Labute approximate surface area is 167 Å². The number of sulfone groups is 1. The Morgan fingerprint density at radius 3 is 1.48 bits per heavy atom. The zero-order chi connectivity index (χ0) is 21.2. The van der Waals surface area contributed by atoms with Gasteiger partial charge in [-0.3, -0.25) is 0 Å². The fourth-order valence-electron chi connectivity index (χ4n) is 2.85. The summed E-state index contributed by atoms with van der Waals surface area (Å²) in [5, 5.41) is 5.06. The number of hydrogen-bond donors (Lipinski definition) is 1. The molecule has 0 spiro atoms. The zero-order valence-electron chi connectivity index (χ0n) is 17.9. The van der Waals surface area contributed by atoms with E-state index in [0.717, 1.165) is 51.7 Å². The van der Waals surface area contributed by atoms with Crippen molar-refractivity contribution in [3.8, 4) is 0 Å². The van der Waals surface area contributed by atoms with Crippen molar-refractivity contribution in [1.29, 1.82) is 0 Å². The minimum absolute atomic E-state index is 0.0238. The lowest BCUT2D eigenvalue weighted by Gasteiger charge is -2.24. The quantitative estimate of drug-likeness (QED) is 0.380. The molecule has 0 bridgehead atoms. The van der Waals surface area contributed by atoms with Gasteiger partial charge in [-0.15, -0.1) is 0 Å². The van der Waals surface area contributed by atoms with Gasteiger partial charge in [-0.05, 0) is 49.4 Å². The van der Waals surface area contributed by atoms with E-state index in [0.29, 0.717) is 12.8 Å². The van der Waals surface area contributed by atoms with E-state index in [-0.39, 0.29) is 22.3 Å². The molecule has 0 aliphatic heterocycles. The van der Waals surface area contributed by atoms with Gasteiger partial charge in [0.1, 0.15) is 9.84 Å². The first-order valence-corrected chi connectivity index (χ1v) is 13.7. The van der Waals surface area contributed by atoms with E-state index < -0.39 is 19.9 Å². The summed E-state index contributed by atoms with van der Waals surface area (Å²) < 4.78 is 50.3. The normalized spacial score (nSPS) is 13.9. The zero-order valence-corrected chi connectivity index (χ0v) is 19.6. The Morgan fingerprint density at radius 1 is 0.704 bits per heavy atom. The molecule has 0 aromatic rings. The summed E-state index contributed by atoms with van der Waals surface area (Å²) in [6, 6.07) is 0. The SMILES string of the molecule is CC(C)(CCCCOCCCCC(C)(C)CCS(N)(=O)=O)CCS(C)(=O)=O. The van der Waals surface area contributed by atoms with Crippen LogP contribution in [0.5, 0.6) is 0 Å². The first-order chi connectivity index (χ1) is 12.1. The monoisotopic (exact) mass is 427 g/mol. The third-order valence-electron chi connectivity index (χ3n) is 5.00. The first kappa shape index (κ1) is 26.8. The maximum Gasteiger partial charge on any atom is 0.209 e. The maximum atomic E-state index is 11.3. The third-order valence-corrected chi connectivity index (χ3v) is 6.72. The number of ether oxygens (including phenoxy) is 1. The van der Waals surface area contributed by atoms with Gasteiger partial charge in [-0.1, -0.05) is 40.5 Å². The molecule has 2 N–H and O–H groups in total. The molecule has 0 atom stereocenters. The largest absolute Gasteiger partial charge is 0.381 e. The molecule has 0 unspecified atom stereocenters. The van der Waals surface area contributed by atoms with Crippen LogP contribution in [-0.2, 0) is 24.6 Å². The van der Waals surface area contributed by atoms with E-state index in [1.54, 1.807) is 0 Å². The van der Waals surface area contributed by atoms with Gasteiger partial charge in [-0.25, -0.2) is 22.0 Å². The van der Waals surface area contributed by atoms with E-state index in [1.165, 1.54) is 6.26 Å². The summed E-state index contributed by atoms with van der Waals surface area (Å²) >= 11 is 0. The molecule has 0 aliphatic rings. The fraction of sp³-hybridized carbons (Fsp3) is 1.00. The number of nitrogens with two attached hydrogens (primary N) is 1. The number of primary sulfonamides is 1. The predicted molar refractivity (Wildman–Crippen MR) is 113 cm³/mol. The van der Waals surface area contributed by atoms with Gasteiger partial charge >= 0.3 is 0 Å². The number of rotatable bonds is 16. The van der Waals surface area contributed by atoms with Gasteiger partial charge in [0.05, 0.1) is 11.5 Å². The van der Waals surface area contributed by atoms with Gasteiger partial charge in [0.2, 0.25) is 10.0 Å². The molecule has 0 aromatic heterocycles. The molecule has 0 amide bonds. The van der Waals surface area contributed by atoms with Gasteiger partial charge < -0.3 is 4.74 Å². The van der Waals surface area contributed by atoms with Crippen molar-refractivity contribution < 1.29 is 21.6 Å². The molecule has 0 fully saturated rings. The summed E-state index contributed by atoms with van der Waals surface area (Å²) in [4.78, 5) is 0. The molecular weight excluding hydrogens is 386 g/mol. The van der Waals surface area contributed by atoms with Crippen LogP contribution in [0.15, 0.2) is 0 Å². The number of sulfonamides is 1. The van der Waals surface area contributed by atoms with Crippen molar-refractivity contribution in [3.05, 3.63) is 0 Å². The van der Waals surface area contributed by atoms with Crippen LogP contribution in [0.1, 0.15) is 79.1 Å². The van der Waals surface area contributed by atoms with Crippen LogP contribution in [0, 0.1) is 10.8 Å². The first-order valence-electron chi connectivity index (χ1n) is 9.88. The molecule has 8 heteroatoms. The van der Waals surface area contributed by atoms with Crippen molar-refractivity contribution in [3.63, 3.8) is 0 Å². The second-order valence-electron chi connectivity index (χ2n) is 9.35. The lowest BCUT2D eigenvalue weighted by Crippen LogP contribution is -2.22. The fourth-order valence-corrected chi connectivity index (χ4v) is 4.61. The Balaban J connectivity index is 3.69. The van der Waals surface area contributed by atoms with E-state index in [9.17, 15) is 16.8 Å². The highest BCUT2D eigenvalue weighted by molar-refractivity contribution is 7.90. The van der Waals surface area contributed by atoms with E-state index in [1.807, 2.05) is 0 Å². The average molecular weight is 428 g/mol. The van der Waals surface area contributed by atoms with Gasteiger partial charge in [-0.2, -0.15) is 0 Å². The Kier molecular flexibility index (Phi) is 11.7. The molecule has 0 saturated carbocycles. The van der Waals surface area contributed by atoms with Crippen molar-refractivity contribution >= 4 is 19.9 Å². The molecule has 164 valence electrons. The third kappa shape index (κ3) is 18.9. The van der Waals surface area contributed by atoms with Crippen LogP contribution in [0.4, 0.5) is 0 Å². The maximum absolute atomic E-state index is 11.3. The summed E-state index contributed by atoms with van der Waals surface area (Å²) in [5.74, 6) is 0.293. The minimum atomic E-state index is -3.38.